The van der Waals surface area contributed by atoms with E-state index in [4.69, 9.17) is 4.74 Å². The third kappa shape index (κ3) is 2.68. The summed E-state index contributed by atoms with van der Waals surface area (Å²) in [5.41, 5.74) is 1.12. The molecule has 0 unspecified atom stereocenters. The molecular weight excluding hydrogens is 226 g/mol. The zero-order valence-corrected chi connectivity index (χ0v) is 10.6. The molecule has 0 heterocycles. The Balaban J connectivity index is 2.27. The molecule has 0 aromatic heterocycles. The average molecular weight is 243 g/mol. The van der Waals surface area contributed by atoms with E-state index < -0.39 is 0 Å². The molecule has 0 aliphatic rings. The van der Waals surface area contributed by atoms with E-state index in [2.05, 4.69) is 23.5 Å². The van der Waals surface area contributed by atoms with Crippen molar-refractivity contribution in [1.82, 2.24) is 5.32 Å². The van der Waals surface area contributed by atoms with Crippen LogP contribution in [0.3, 0.4) is 0 Å². The molecule has 0 radical (unpaired) electrons. The summed E-state index contributed by atoms with van der Waals surface area (Å²) < 4.78 is 4.82. The summed E-state index contributed by atoms with van der Waals surface area (Å²) in [5, 5.41) is 5.28. The summed E-state index contributed by atoms with van der Waals surface area (Å²) in [7, 11) is 1.52. The van der Waals surface area contributed by atoms with Crippen LogP contribution in [0.25, 0.3) is 10.8 Å². The van der Waals surface area contributed by atoms with Gasteiger partial charge >= 0.3 is 0 Å². The molecule has 3 nitrogen and oxygen atoms in total. The molecule has 1 amide bonds. The molecular formula is C15H17NO2. The Bertz CT molecular complexity index is 546. The van der Waals surface area contributed by atoms with Crippen molar-refractivity contribution in [3.63, 3.8) is 0 Å². The Hall–Kier alpha value is -1.87. The highest BCUT2D eigenvalue weighted by Crippen LogP contribution is 2.23. The van der Waals surface area contributed by atoms with E-state index in [-0.39, 0.29) is 18.6 Å². The number of ether oxygens (including phenoxy) is 1. The lowest BCUT2D eigenvalue weighted by atomic mass is 10.00. The molecule has 0 saturated heterocycles. The van der Waals surface area contributed by atoms with E-state index in [1.165, 1.54) is 17.9 Å². The molecule has 2 aromatic carbocycles. The Kier molecular flexibility index (Phi) is 3.95. The van der Waals surface area contributed by atoms with Gasteiger partial charge in [-0.05, 0) is 23.3 Å². The number of fused-ring (bicyclic) bond motifs is 1. The Morgan fingerprint density at radius 1 is 1.22 bits per heavy atom. The number of amides is 1. The average Bonchev–Trinajstić information content (AvgIpc) is 2.38. The standard InChI is InChI=1S/C15H17NO2/c1-11(16-15(17)10-18-2)13-9-5-7-12-6-3-4-8-14(12)13/h3-9,11H,10H2,1-2H3,(H,16,17)/t11-/m1/s1. The molecule has 1 N–H and O–H groups in total. The van der Waals surface area contributed by atoms with Gasteiger partial charge in [-0.15, -0.1) is 0 Å². The van der Waals surface area contributed by atoms with Gasteiger partial charge in [-0.25, -0.2) is 0 Å². The Labute approximate surface area is 107 Å². The minimum Gasteiger partial charge on any atom is -0.375 e. The van der Waals surface area contributed by atoms with Crippen LogP contribution in [0, 0.1) is 0 Å². The summed E-state index contributed by atoms with van der Waals surface area (Å²) in [4.78, 5) is 11.5. The maximum absolute atomic E-state index is 11.5. The van der Waals surface area contributed by atoms with Gasteiger partial charge in [-0.3, -0.25) is 4.79 Å². The fourth-order valence-corrected chi connectivity index (χ4v) is 2.12. The van der Waals surface area contributed by atoms with Crippen molar-refractivity contribution in [3.05, 3.63) is 48.0 Å². The van der Waals surface area contributed by atoms with Crippen LogP contribution < -0.4 is 5.32 Å². The Morgan fingerprint density at radius 2 is 1.94 bits per heavy atom. The van der Waals surface area contributed by atoms with Crippen LogP contribution in [0.1, 0.15) is 18.5 Å². The smallest absolute Gasteiger partial charge is 0.246 e. The van der Waals surface area contributed by atoms with Gasteiger partial charge in [0.05, 0.1) is 6.04 Å². The van der Waals surface area contributed by atoms with E-state index in [0.29, 0.717) is 0 Å². The van der Waals surface area contributed by atoms with Crippen molar-refractivity contribution in [2.75, 3.05) is 13.7 Å². The van der Waals surface area contributed by atoms with Crippen molar-refractivity contribution in [3.8, 4) is 0 Å². The molecule has 2 aromatic rings. The van der Waals surface area contributed by atoms with Crippen molar-refractivity contribution >= 4 is 16.7 Å². The van der Waals surface area contributed by atoms with Gasteiger partial charge in [0, 0.05) is 7.11 Å². The van der Waals surface area contributed by atoms with E-state index in [9.17, 15) is 4.79 Å². The van der Waals surface area contributed by atoms with Gasteiger partial charge in [-0.1, -0.05) is 42.5 Å². The minimum absolute atomic E-state index is 0.0289. The molecule has 0 spiro atoms. The van der Waals surface area contributed by atoms with Gasteiger partial charge in [0.2, 0.25) is 5.91 Å². The topological polar surface area (TPSA) is 38.3 Å². The van der Waals surface area contributed by atoms with Crippen LogP contribution in [0.2, 0.25) is 0 Å². The van der Waals surface area contributed by atoms with E-state index >= 15 is 0 Å². The van der Waals surface area contributed by atoms with Crippen LogP contribution in [0.5, 0.6) is 0 Å². The third-order valence-corrected chi connectivity index (χ3v) is 2.94. The van der Waals surface area contributed by atoms with Crippen LogP contribution in [0.15, 0.2) is 42.5 Å². The molecule has 0 aliphatic heterocycles. The van der Waals surface area contributed by atoms with Gasteiger partial charge < -0.3 is 10.1 Å². The highest BCUT2D eigenvalue weighted by Gasteiger charge is 2.11. The lowest BCUT2D eigenvalue weighted by Crippen LogP contribution is -2.29. The largest absolute Gasteiger partial charge is 0.375 e. The second kappa shape index (κ2) is 5.65. The molecule has 1 atom stereocenters. The summed E-state index contributed by atoms with van der Waals surface area (Å²) in [6.45, 7) is 2.07. The van der Waals surface area contributed by atoms with Gasteiger partial charge in [0.15, 0.2) is 0 Å². The summed E-state index contributed by atoms with van der Waals surface area (Å²) in [6.07, 6.45) is 0. The first-order chi connectivity index (χ1) is 8.72. The first-order valence-electron chi connectivity index (χ1n) is 5.98. The number of methoxy groups -OCH3 is 1. The van der Waals surface area contributed by atoms with Gasteiger partial charge in [0.1, 0.15) is 6.61 Å². The van der Waals surface area contributed by atoms with E-state index in [1.54, 1.807) is 0 Å². The first-order valence-corrected chi connectivity index (χ1v) is 5.98. The predicted octanol–water partition coefficient (Wildman–Crippen LogP) is 2.66. The molecule has 18 heavy (non-hydrogen) atoms. The predicted molar refractivity (Wildman–Crippen MR) is 72.4 cm³/mol. The maximum Gasteiger partial charge on any atom is 0.246 e. The highest BCUT2D eigenvalue weighted by molar-refractivity contribution is 5.87. The SMILES string of the molecule is COCC(=O)N[C@H](C)c1cccc2ccccc12. The molecule has 0 bridgehead atoms. The summed E-state index contributed by atoms with van der Waals surface area (Å²) >= 11 is 0. The molecule has 94 valence electrons. The number of carbonyl (C=O) groups excluding carboxylic acids is 1. The molecule has 0 fully saturated rings. The normalized spacial score (nSPS) is 12.3. The lowest BCUT2D eigenvalue weighted by Gasteiger charge is -2.16. The monoisotopic (exact) mass is 243 g/mol. The quantitative estimate of drug-likeness (QED) is 0.896. The summed E-state index contributed by atoms with van der Waals surface area (Å²) in [5.74, 6) is -0.0991. The number of hydrogen-bond donors (Lipinski definition) is 1. The lowest BCUT2D eigenvalue weighted by molar-refractivity contribution is -0.125. The van der Waals surface area contributed by atoms with Crippen molar-refractivity contribution in [2.24, 2.45) is 0 Å². The highest BCUT2D eigenvalue weighted by atomic mass is 16.5. The minimum atomic E-state index is -0.0991. The number of nitrogens with one attached hydrogen (secondary N) is 1. The molecule has 0 saturated carbocycles. The Morgan fingerprint density at radius 3 is 2.72 bits per heavy atom. The number of carbonyl (C=O) groups is 1. The molecule has 2 rings (SSSR count). The zero-order chi connectivity index (χ0) is 13.0. The fraction of sp³-hybridized carbons (Fsp3) is 0.267. The number of rotatable bonds is 4. The number of benzene rings is 2. The third-order valence-electron chi connectivity index (χ3n) is 2.94. The number of hydrogen-bond acceptors (Lipinski definition) is 2. The van der Waals surface area contributed by atoms with Crippen molar-refractivity contribution in [1.29, 1.82) is 0 Å². The van der Waals surface area contributed by atoms with Crippen LogP contribution in [-0.2, 0) is 9.53 Å². The zero-order valence-electron chi connectivity index (χ0n) is 10.6. The van der Waals surface area contributed by atoms with E-state index in [0.717, 1.165) is 5.56 Å². The van der Waals surface area contributed by atoms with Gasteiger partial charge in [0.25, 0.3) is 0 Å². The fourth-order valence-electron chi connectivity index (χ4n) is 2.12. The van der Waals surface area contributed by atoms with Crippen LogP contribution >= 0.6 is 0 Å². The van der Waals surface area contributed by atoms with Crippen molar-refractivity contribution in [2.45, 2.75) is 13.0 Å². The second-order valence-electron chi connectivity index (χ2n) is 4.29. The molecule has 0 aliphatic carbocycles. The maximum atomic E-state index is 11.5. The summed E-state index contributed by atoms with van der Waals surface area (Å²) in [6, 6.07) is 14.3. The van der Waals surface area contributed by atoms with E-state index in [1.807, 2.05) is 31.2 Å². The second-order valence-corrected chi connectivity index (χ2v) is 4.29. The van der Waals surface area contributed by atoms with Gasteiger partial charge in [-0.2, -0.15) is 0 Å². The first kappa shape index (κ1) is 12.6. The van der Waals surface area contributed by atoms with Crippen LogP contribution in [0.4, 0.5) is 0 Å². The van der Waals surface area contributed by atoms with Crippen LogP contribution in [-0.4, -0.2) is 19.6 Å². The molecule has 3 heteroatoms. The van der Waals surface area contributed by atoms with Crippen molar-refractivity contribution < 1.29 is 9.53 Å².